The van der Waals surface area contributed by atoms with Crippen molar-refractivity contribution >= 4 is 18.5 Å². The molecule has 6 nitrogen and oxygen atoms in total. The molecule has 0 saturated carbocycles. The third-order valence-electron chi connectivity index (χ3n) is 2.52. The van der Waals surface area contributed by atoms with E-state index in [1.807, 2.05) is 4.90 Å². The average molecular weight is 203 g/mol. The molecule has 1 amide bonds. The Morgan fingerprint density at radius 1 is 1.40 bits per heavy atom. The van der Waals surface area contributed by atoms with Crippen molar-refractivity contribution < 1.29 is 4.79 Å². The highest BCUT2D eigenvalue weighted by Crippen LogP contribution is 2.19. The topological polar surface area (TPSA) is 69.1 Å². The fourth-order valence-electron chi connectivity index (χ4n) is 1.82. The van der Waals surface area contributed by atoms with Gasteiger partial charge in [-0.05, 0) is 0 Å². The summed E-state index contributed by atoms with van der Waals surface area (Å²) in [6.07, 6.45) is 8.29. The van der Waals surface area contributed by atoms with Crippen molar-refractivity contribution in [2.24, 2.45) is 9.98 Å². The van der Waals surface area contributed by atoms with Crippen molar-refractivity contribution in [1.82, 2.24) is 15.5 Å². The third-order valence-corrected chi connectivity index (χ3v) is 2.52. The van der Waals surface area contributed by atoms with Gasteiger partial charge < -0.3 is 15.5 Å². The molecule has 1 saturated heterocycles. The number of aliphatic imine (C=N–C) groups is 2. The van der Waals surface area contributed by atoms with Crippen LogP contribution in [-0.2, 0) is 4.79 Å². The smallest absolute Gasteiger partial charge is 0.252 e. The first-order chi connectivity index (χ1) is 7.36. The van der Waals surface area contributed by atoms with E-state index in [2.05, 4.69) is 20.6 Å². The molecule has 3 aliphatic rings. The maximum absolute atomic E-state index is 11.7. The van der Waals surface area contributed by atoms with E-state index in [0.29, 0.717) is 0 Å². The Bertz CT molecular complexity index is 422. The van der Waals surface area contributed by atoms with Gasteiger partial charge in [0.1, 0.15) is 12.2 Å². The molecule has 6 heteroatoms. The number of nitrogens with one attached hydrogen (secondary N) is 2. The van der Waals surface area contributed by atoms with Crippen LogP contribution in [0.5, 0.6) is 0 Å². The van der Waals surface area contributed by atoms with Crippen molar-refractivity contribution in [1.29, 1.82) is 0 Å². The fraction of sp³-hybridized carbons (Fsp3) is 0.222. The van der Waals surface area contributed by atoms with Gasteiger partial charge in [0.2, 0.25) is 0 Å². The zero-order valence-corrected chi connectivity index (χ0v) is 7.79. The number of hydrogen-bond acceptors (Lipinski definition) is 5. The number of amides is 1. The van der Waals surface area contributed by atoms with Gasteiger partial charge >= 0.3 is 0 Å². The number of hydrogen-bond donors (Lipinski definition) is 2. The van der Waals surface area contributed by atoms with Gasteiger partial charge in [0.05, 0.1) is 18.2 Å². The molecule has 0 aromatic rings. The number of carbonyl (C=O) groups excluding carboxylic acids is 1. The van der Waals surface area contributed by atoms with Crippen LogP contribution in [0.25, 0.3) is 0 Å². The molecule has 2 unspecified atom stereocenters. The quantitative estimate of drug-likeness (QED) is 0.538. The van der Waals surface area contributed by atoms with Gasteiger partial charge in [-0.3, -0.25) is 9.79 Å². The molecule has 1 fully saturated rings. The Morgan fingerprint density at radius 2 is 2.33 bits per heavy atom. The average Bonchev–Trinajstić information content (AvgIpc) is 2.30. The molecular formula is C9H9N5O. The van der Waals surface area contributed by atoms with E-state index in [1.165, 1.54) is 0 Å². The van der Waals surface area contributed by atoms with Gasteiger partial charge in [0.25, 0.3) is 5.91 Å². The summed E-state index contributed by atoms with van der Waals surface area (Å²) >= 11 is 0. The summed E-state index contributed by atoms with van der Waals surface area (Å²) in [6.45, 7) is 0. The van der Waals surface area contributed by atoms with Crippen molar-refractivity contribution in [3.63, 3.8) is 0 Å². The van der Waals surface area contributed by atoms with E-state index in [4.69, 9.17) is 0 Å². The van der Waals surface area contributed by atoms with Crippen LogP contribution in [0.4, 0.5) is 0 Å². The zero-order valence-electron chi connectivity index (χ0n) is 7.79. The van der Waals surface area contributed by atoms with E-state index in [1.54, 1.807) is 31.2 Å². The SMILES string of the molecule is O=C1NC2=CN=CNC2N2C=CN=CC12. The minimum absolute atomic E-state index is 0.0619. The van der Waals surface area contributed by atoms with Gasteiger partial charge in [-0.1, -0.05) is 0 Å². The maximum Gasteiger partial charge on any atom is 0.252 e. The van der Waals surface area contributed by atoms with Gasteiger partial charge in [0.15, 0.2) is 0 Å². The number of rotatable bonds is 0. The summed E-state index contributed by atoms with van der Waals surface area (Å²) < 4.78 is 0. The van der Waals surface area contributed by atoms with Gasteiger partial charge in [-0.25, -0.2) is 4.99 Å². The molecular weight excluding hydrogens is 194 g/mol. The second-order valence-electron chi connectivity index (χ2n) is 3.41. The minimum atomic E-state index is -0.337. The van der Waals surface area contributed by atoms with Crippen molar-refractivity contribution in [3.8, 4) is 0 Å². The van der Waals surface area contributed by atoms with Crippen LogP contribution >= 0.6 is 0 Å². The molecule has 76 valence electrons. The first kappa shape index (κ1) is 8.22. The number of fused-ring (bicyclic) bond motifs is 3. The summed E-state index contributed by atoms with van der Waals surface area (Å²) in [4.78, 5) is 21.5. The van der Waals surface area contributed by atoms with Crippen LogP contribution in [0, 0.1) is 0 Å². The summed E-state index contributed by atoms with van der Waals surface area (Å²) in [7, 11) is 0. The highest BCUT2D eigenvalue weighted by Gasteiger charge is 2.37. The summed E-state index contributed by atoms with van der Waals surface area (Å²) in [5.74, 6) is -0.0792. The lowest BCUT2D eigenvalue weighted by molar-refractivity contribution is -0.125. The molecule has 15 heavy (non-hydrogen) atoms. The predicted octanol–water partition coefficient (Wildman–Crippen LogP) is -0.859. The normalized spacial score (nSPS) is 31.3. The lowest BCUT2D eigenvalue weighted by Gasteiger charge is -2.42. The highest BCUT2D eigenvalue weighted by molar-refractivity contribution is 6.00. The van der Waals surface area contributed by atoms with Crippen LogP contribution in [0.15, 0.2) is 34.3 Å². The Morgan fingerprint density at radius 3 is 3.27 bits per heavy atom. The molecule has 3 rings (SSSR count). The van der Waals surface area contributed by atoms with Crippen LogP contribution in [0.2, 0.25) is 0 Å². The Hall–Kier alpha value is -2.11. The number of piperazine rings is 1. The van der Waals surface area contributed by atoms with E-state index >= 15 is 0 Å². The molecule has 0 aromatic carbocycles. The van der Waals surface area contributed by atoms with E-state index in [9.17, 15) is 4.79 Å². The van der Waals surface area contributed by atoms with Gasteiger partial charge in [-0.15, -0.1) is 0 Å². The lowest BCUT2D eigenvalue weighted by atomic mass is 10.1. The Balaban J connectivity index is 1.99. The van der Waals surface area contributed by atoms with Crippen molar-refractivity contribution in [2.45, 2.75) is 12.2 Å². The highest BCUT2D eigenvalue weighted by atomic mass is 16.2. The molecule has 2 N–H and O–H groups in total. The Labute approximate surface area is 86.1 Å². The number of nitrogens with zero attached hydrogens (tertiary/aromatic N) is 3. The summed E-state index contributed by atoms with van der Waals surface area (Å²) in [5.41, 5.74) is 0.763. The zero-order chi connectivity index (χ0) is 10.3. The van der Waals surface area contributed by atoms with Gasteiger partial charge in [-0.2, -0.15) is 0 Å². The maximum atomic E-state index is 11.7. The van der Waals surface area contributed by atoms with Gasteiger partial charge in [0, 0.05) is 18.6 Å². The molecule has 0 aromatic heterocycles. The van der Waals surface area contributed by atoms with E-state index in [-0.39, 0.29) is 18.1 Å². The first-order valence-electron chi connectivity index (χ1n) is 4.62. The second-order valence-corrected chi connectivity index (χ2v) is 3.41. The van der Waals surface area contributed by atoms with E-state index < -0.39 is 0 Å². The number of carbonyl (C=O) groups is 1. The van der Waals surface area contributed by atoms with Crippen molar-refractivity contribution in [2.75, 3.05) is 0 Å². The molecule has 0 bridgehead atoms. The lowest BCUT2D eigenvalue weighted by Crippen LogP contribution is -2.63. The largest absolute Gasteiger partial charge is 0.351 e. The van der Waals surface area contributed by atoms with Crippen LogP contribution < -0.4 is 10.6 Å². The molecule has 0 spiro atoms. The Kier molecular flexibility index (Phi) is 1.61. The standard InChI is InChI=1S/C9H9N5O/c15-9-7-4-10-1-2-14(7)8-6(13-9)3-11-5-12-8/h1-5,7-8H,(H,11,12)(H,13,15). The molecule has 0 aliphatic carbocycles. The summed E-state index contributed by atoms with van der Waals surface area (Å²) in [5, 5.41) is 5.88. The third kappa shape index (κ3) is 1.14. The molecule has 3 aliphatic heterocycles. The first-order valence-corrected chi connectivity index (χ1v) is 4.62. The predicted molar refractivity (Wildman–Crippen MR) is 54.9 cm³/mol. The monoisotopic (exact) mass is 203 g/mol. The molecule has 0 radical (unpaired) electrons. The fourth-order valence-corrected chi connectivity index (χ4v) is 1.82. The van der Waals surface area contributed by atoms with Crippen LogP contribution in [0.1, 0.15) is 0 Å². The van der Waals surface area contributed by atoms with Crippen molar-refractivity contribution in [3.05, 3.63) is 24.3 Å². The van der Waals surface area contributed by atoms with E-state index in [0.717, 1.165) is 5.70 Å². The van der Waals surface area contributed by atoms with Crippen LogP contribution in [0.3, 0.4) is 0 Å². The minimum Gasteiger partial charge on any atom is -0.351 e. The van der Waals surface area contributed by atoms with Crippen LogP contribution in [-0.4, -0.2) is 35.6 Å². The molecule has 2 atom stereocenters. The summed E-state index contributed by atoms with van der Waals surface area (Å²) in [6, 6.07) is -0.337. The second kappa shape index (κ2) is 2.94. The molecule has 3 heterocycles.